The molecule has 0 aromatic heterocycles. The van der Waals surface area contributed by atoms with Crippen molar-refractivity contribution in [3.05, 3.63) is 53.6 Å². The third kappa shape index (κ3) is 4.17. The minimum absolute atomic E-state index is 0.0224. The molecule has 0 saturated carbocycles. The van der Waals surface area contributed by atoms with Crippen molar-refractivity contribution in [2.45, 2.75) is 11.3 Å². The molecule has 138 valence electrons. The van der Waals surface area contributed by atoms with Gasteiger partial charge in [-0.1, -0.05) is 11.6 Å². The fourth-order valence-electron chi connectivity index (χ4n) is 2.85. The van der Waals surface area contributed by atoms with Crippen LogP contribution >= 0.6 is 11.6 Å². The minimum Gasteiger partial charge on any atom is -0.497 e. The Morgan fingerprint density at radius 3 is 2.42 bits per heavy atom. The Morgan fingerprint density at radius 1 is 1.15 bits per heavy atom. The number of methoxy groups -OCH3 is 1. The van der Waals surface area contributed by atoms with Gasteiger partial charge in [0.15, 0.2) is 0 Å². The smallest absolute Gasteiger partial charge is 0.240 e. The molecular weight excluding hydrogens is 376 g/mol. The van der Waals surface area contributed by atoms with Crippen molar-refractivity contribution in [1.29, 1.82) is 0 Å². The van der Waals surface area contributed by atoms with Gasteiger partial charge in [0.25, 0.3) is 0 Å². The molecule has 3 rings (SSSR count). The number of carbonyl (C=O) groups is 1. The van der Waals surface area contributed by atoms with E-state index < -0.39 is 10.0 Å². The molecule has 8 heteroatoms. The monoisotopic (exact) mass is 394 g/mol. The zero-order chi connectivity index (χ0) is 18.7. The molecule has 6 nitrogen and oxygen atoms in total. The van der Waals surface area contributed by atoms with E-state index in [1.807, 2.05) is 12.1 Å². The fraction of sp³-hybridized carbons (Fsp3) is 0.278. The van der Waals surface area contributed by atoms with E-state index in [9.17, 15) is 13.2 Å². The van der Waals surface area contributed by atoms with E-state index in [1.165, 1.54) is 24.3 Å². The highest BCUT2D eigenvalue weighted by atomic mass is 35.5. The van der Waals surface area contributed by atoms with Gasteiger partial charge in [-0.15, -0.1) is 0 Å². The van der Waals surface area contributed by atoms with Crippen LogP contribution in [0.4, 0.5) is 5.69 Å². The van der Waals surface area contributed by atoms with Crippen molar-refractivity contribution >= 4 is 33.2 Å². The van der Waals surface area contributed by atoms with Gasteiger partial charge in [0.2, 0.25) is 15.9 Å². The van der Waals surface area contributed by atoms with E-state index in [2.05, 4.69) is 4.72 Å². The highest BCUT2D eigenvalue weighted by molar-refractivity contribution is 7.89. The molecule has 0 unspecified atom stereocenters. The summed E-state index contributed by atoms with van der Waals surface area (Å²) in [6, 6.07) is 13.2. The maximum Gasteiger partial charge on any atom is 0.240 e. The first kappa shape index (κ1) is 18.7. The summed E-state index contributed by atoms with van der Waals surface area (Å²) in [4.78, 5) is 14.1. The Morgan fingerprint density at radius 2 is 1.81 bits per heavy atom. The van der Waals surface area contributed by atoms with Crippen molar-refractivity contribution in [3.63, 3.8) is 0 Å². The van der Waals surface area contributed by atoms with Gasteiger partial charge in [-0.25, -0.2) is 13.1 Å². The van der Waals surface area contributed by atoms with Gasteiger partial charge in [-0.2, -0.15) is 0 Å². The molecule has 0 spiro atoms. The summed E-state index contributed by atoms with van der Waals surface area (Å²) >= 11 is 5.79. The lowest BCUT2D eigenvalue weighted by Crippen LogP contribution is -2.31. The van der Waals surface area contributed by atoms with E-state index in [1.54, 1.807) is 24.1 Å². The predicted octanol–water partition coefficient (Wildman–Crippen LogP) is 2.68. The first-order chi connectivity index (χ1) is 12.4. The van der Waals surface area contributed by atoms with Crippen LogP contribution in [0.1, 0.15) is 6.42 Å². The maximum absolute atomic E-state index is 12.3. The largest absolute Gasteiger partial charge is 0.497 e. The summed E-state index contributed by atoms with van der Waals surface area (Å²) in [6.45, 7) is 0.664. The fourth-order valence-corrected chi connectivity index (χ4v) is 4.10. The lowest BCUT2D eigenvalue weighted by molar-refractivity contribution is -0.117. The SMILES string of the molecule is COc1ccc(N2C[C@@H](CNS(=O)(=O)c3ccc(Cl)cc3)CC2=O)cc1. The number of amides is 1. The van der Waals surface area contributed by atoms with E-state index in [-0.39, 0.29) is 23.3 Å². The number of ether oxygens (including phenoxy) is 1. The number of carbonyl (C=O) groups excluding carboxylic acids is 1. The second-order valence-electron chi connectivity index (χ2n) is 6.08. The number of hydrogen-bond acceptors (Lipinski definition) is 4. The first-order valence-electron chi connectivity index (χ1n) is 8.09. The summed E-state index contributed by atoms with van der Waals surface area (Å²) in [5.41, 5.74) is 0.777. The van der Waals surface area contributed by atoms with Gasteiger partial charge in [0.1, 0.15) is 5.75 Å². The highest BCUT2D eigenvalue weighted by Gasteiger charge is 2.31. The van der Waals surface area contributed by atoms with Crippen LogP contribution < -0.4 is 14.4 Å². The molecule has 1 aliphatic heterocycles. The number of nitrogens with zero attached hydrogens (tertiary/aromatic N) is 1. The van der Waals surface area contributed by atoms with Gasteiger partial charge in [-0.05, 0) is 54.4 Å². The Hall–Kier alpha value is -2.09. The standard InChI is InChI=1S/C18H19ClN2O4S/c1-25-16-6-4-15(5-7-16)21-12-13(10-18(21)22)11-20-26(23,24)17-8-2-14(19)3-9-17/h2-9,13,20H,10-12H2,1H3/t13-/m1/s1. The summed E-state index contributed by atoms with van der Waals surface area (Å²) in [5.74, 6) is 0.602. The van der Waals surface area contributed by atoms with Crippen LogP contribution in [0.15, 0.2) is 53.4 Å². The Balaban J connectivity index is 1.62. The first-order valence-corrected chi connectivity index (χ1v) is 9.95. The second kappa shape index (κ2) is 7.65. The van der Waals surface area contributed by atoms with E-state index in [0.717, 1.165) is 5.69 Å². The molecule has 26 heavy (non-hydrogen) atoms. The van der Waals surface area contributed by atoms with Crippen LogP contribution in [-0.2, 0) is 14.8 Å². The molecule has 1 saturated heterocycles. The van der Waals surface area contributed by atoms with Gasteiger partial charge < -0.3 is 9.64 Å². The highest BCUT2D eigenvalue weighted by Crippen LogP contribution is 2.26. The van der Waals surface area contributed by atoms with Crippen molar-refractivity contribution in [2.75, 3.05) is 25.1 Å². The molecule has 1 N–H and O–H groups in total. The van der Waals surface area contributed by atoms with Crippen molar-refractivity contribution in [1.82, 2.24) is 4.72 Å². The predicted molar refractivity (Wildman–Crippen MR) is 100 cm³/mol. The van der Waals surface area contributed by atoms with Crippen molar-refractivity contribution < 1.29 is 17.9 Å². The van der Waals surface area contributed by atoms with Crippen LogP contribution in [0, 0.1) is 5.92 Å². The summed E-state index contributed by atoms with van der Waals surface area (Å²) in [7, 11) is -2.05. The third-order valence-corrected chi connectivity index (χ3v) is 5.97. The molecule has 2 aromatic carbocycles. The topological polar surface area (TPSA) is 75.7 Å². The van der Waals surface area contributed by atoms with Crippen molar-refractivity contribution in [2.24, 2.45) is 5.92 Å². The zero-order valence-corrected chi connectivity index (χ0v) is 15.8. The number of nitrogens with one attached hydrogen (secondary N) is 1. The Bertz CT molecular complexity index is 882. The summed E-state index contributed by atoms with van der Waals surface area (Å²) in [5, 5.41) is 0.473. The zero-order valence-electron chi connectivity index (χ0n) is 14.2. The summed E-state index contributed by atoms with van der Waals surface area (Å²) < 4.78 is 32.4. The number of benzene rings is 2. The number of anilines is 1. The quantitative estimate of drug-likeness (QED) is 0.817. The molecule has 1 heterocycles. The second-order valence-corrected chi connectivity index (χ2v) is 8.28. The minimum atomic E-state index is -3.63. The molecule has 2 aromatic rings. The molecule has 1 aliphatic rings. The molecule has 1 amide bonds. The lowest BCUT2D eigenvalue weighted by Gasteiger charge is -2.17. The van der Waals surface area contributed by atoms with Gasteiger partial charge in [0.05, 0.1) is 12.0 Å². The normalized spacial score (nSPS) is 17.5. The lowest BCUT2D eigenvalue weighted by atomic mass is 10.1. The van der Waals surface area contributed by atoms with Gasteiger partial charge in [-0.3, -0.25) is 4.79 Å². The van der Waals surface area contributed by atoms with Crippen LogP contribution in [-0.4, -0.2) is 34.5 Å². The van der Waals surface area contributed by atoms with Crippen LogP contribution in [0.5, 0.6) is 5.75 Å². The average Bonchev–Trinajstić information content (AvgIpc) is 3.01. The molecule has 0 aliphatic carbocycles. The molecule has 0 radical (unpaired) electrons. The van der Waals surface area contributed by atoms with Crippen molar-refractivity contribution in [3.8, 4) is 5.75 Å². The number of rotatable bonds is 6. The third-order valence-electron chi connectivity index (χ3n) is 4.28. The Kier molecular flexibility index (Phi) is 5.50. The molecular formula is C18H19ClN2O4S. The Labute approximate surface area is 157 Å². The van der Waals surface area contributed by atoms with Gasteiger partial charge in [0, 0.05) is 30.2 Å². The molecule has 1 atom stereocenters. The van der Waals surface area contributed by atoms with E-state index >= 15 is 0 Å². The molecule has 1 fully saturated rings. The van der Waals surface area contributed by atoms with E-state index in [0.29, 0.717) is 23.7 Å². The van der Waals surface area contributed by atoms with Crippen LogP contribution in [0.25, 0.3) is 0 Å². The number of halogens is 1. The molecule has 0 bridgehead atoms. The summed E-state index contributed by atoms with van der Waals surface area (Å²) in [6.07, 6.45) is 0.301. The maximum atomic E-state index is 12.3. The van der Waals surface area contributed by atoms with Crippen LogP contribution in [0.3, 0.4) is 0 Å². The average molecular weight is 395 g/mol. The van der Waals surface area contributed by atoms with Gasteiger partial charge >= 0.3 is 0 Å². The number of hydrogen-bond donors (Lipinski definition) is 1. The van der Waals surface area contributed by atoms with Crippen LogP contribution in [0.2, 0.25) is 5.02 Å². The van der Waals surface area contributed by atoms with E-state index in [4.69, 9.17) is 16.3 Å². The number of sulfonamides is 1.